The molecule has 7 heteroatoms. The first-order valence-electron chi connectivity index (χ1n) is 7.44. The molecular weight excluding hydrogens is 332 g/mol. The summed E-state index contributed by atoms with van der Waals surface area (Å²) in [5.41, 5.74) is 0.775. The fraction of sp³-hybridized carbons (Fsp3) is 0.438. The van der Waals surface area contributed by atoms with E-state index in [-0.39, 0.29) is 30.0 Å². The van der Waals surface area contributed by atoms with Crippen LogP contribution in [0.4, 0.5) is 5.69 Å². The average Bonchev–Trinajstić information content (AvgIpc) is 2.86. The summed E-state index contributed by atoms with van der Waals surface area (Å²) in [7, 11) is -1.14. The molecule has 0 spiro atoms. The molecule has 1 aromatic rings. The van der Waals surface area contributed by atoms with Gasteiger partial charge in [-0.2, -0.15) is 0 Å². The van der Waals surface area contributed by atoms with Gasteiger partial charge in [-0.15, -0.1) is 18.3 Å². The maximum Gasteiger partial charge on any atom is 0.238 e. The van der Waals surface area contributed by atoms with Crippen LogP contribution in [0.3, 0.4) is 0 Å². The van der Waals surface area contributed by atoms with E-state index in [2.05, 4.69) is 11.9 Å². The minimum atomic E-state index is -2.94. The SMILES string of the molecule is C=CCSc1ccccc1NC(=O)CN(C)C1CCS(=O)(=O)C1. The molecule has 0 saturated carbocycles. The second-order valence-corrected chi connectivity index (χ2v) is 8.91. The van der Waals surface area contributed by atoms with E-state index in [1.165, 1.54) is 0 Å². The minimum Gasteiger partial charge on any atom is -0.324 e. The Labute approximate surface area is 142 Å². The number of sulfone groups is 1. The molecule has 0 radical (unpaired) electrons. The number of amides is 1. The van der Waals surface area contributed by atoms with Gasteiger partial charge in [0.25, 0.3) is 0 Å². The first-order valence-corrected chi connectivity index (χ1v) is 10.3. The van der Waals surface area contributed by atoms with E-state index in [0.29, 0.717) is 6.42 Å². The van der Waals surface area contributed by atoms with Crippen LogP contribution in [-0.2, 0) is 14.6 Å². The van der Waals surface area contributed by atoms with Gasteiger partial charge >= 0.3 is 0 Å². The summed E-state index contributed by atoms with van der Waals surface area (Å²) >= 11 is 1.61. The van der Waals surface area contributed by atoms with Crippen LogP contribution < -0.4 is 5.32 Å². The molecule has 1 N–H and O–H groups in total. The Balaban J connectivity index is 1.93. The van der Waals surface area contributed by atoms with E-state index in [0.717, 1.165) is 16.3 Å². The molecule has 23 heavy (non-hydrogen) atoms. The number of likely N-dealkylation sites (N-methyl/N-ethyl adjacent to an activating group) is 1. The Morgan fingerprint density at radius 1 is 1.48 bits per heavy atom. The van der Waals surface area contributed by atoms with Crippen LogP contribution in [0.5, 0.6) is 0 Å². The number of carbonyl (C=O) groups excluding carboxylic acids is 1. The predicted octanol–water partition coefficient (Wildman–Crippen LogP) is 2.02. The Bertz CT molecular complexity index is 674. The van der Waals surface area contributed by atoms with Gasteiger partial charge in [0.15, 0.2) is 9.84 Å². The molecule has 1 unspecified atom stereocenters. The number of carbonyl (C=O) groups is 1. The van der Waals surface area contributed by atoms with E-state index < -0.39 is 9.84 Å². The summed E-state index contributed by atoms with van der Waals surface area (Å²) < 4.78 is 23.1. The van der Waals surface area contributed by atoms with Crippen molar-refractivity contribution in [3.8, 4) is 0 Å². The van der Waals surface area contributed by atoms with Crippen LogP contribution in [0.1, 0.15) is 6.42 Å². The zero-order valence-corrected chi connectivity index (χ0v) is 14.8. The lowest BCUT2D eigenvalue weighted by Gasteiger charge is -2.22. The Hall–Kier alpha value is -1.31. The van der Waals surface area contributed by atoms with Crippen LogP contribution in [-0.4, -0.2) is 56.1 Å². The van der Waals surface area contributed by atoms with Crippen LogP contribution in [0.15, 0.2) is 41.8 Å². The van der Waals surface area contributed by atoms with Crippen molar-refractivity contribution >= 4 is 33.2 Å². The van der Waals surface area contributed by atoms with Crippen molar-refractivity contribution in [3.05, 3.63) is 36.9 Å². The van der Waals surface area contributed by atoms with Gasteiger partial charge in [0.2, 0.25) is 5.91 Å². The van der Waals surface area contributed by atoms with E-state index in [4.69, 9.17) is 0 Å². The molecule has 1 aliphatic rings. The highest BCUT2D eigenvalue weighted by Gasteiger charge is 2.31. The summed E-state index contributed by atoms with van der Waals surface area (Å²) in [4.78, 5) is 15.0. The summed E-state index contributed by atoms with van der Waals surface area (Å²) in [6.45, 7) is 3.88. The van der Waals surface area contributed by atoms with Crippen LogP contribution in [0, 0.1) is 0 Å². The highest BCUT2D eigenvalue weighted by molar-refractivity contribution is 7.99. The Kier molecular flexibility index (Phi) is 6.26. The highest BCUT2D eigenvalue weighted by atomic mass is 32.2. The molecule has 1 fully saturated rings. The number of anilines is 1. The Morgan fingerprint density at radius 3 is 2.87 bits per heavy atom. The second kappa shape index (κ2) is 7.99. The van der Waals surface area contributed by atoms with Gasteiger partial charge in [0.1, 0.15) is 0 Å². The largest absolute Gasteiger partial charge is 0.324 e. The number of nitrogens with one attached hydrogen (secondary N) is 1. The van der Waals surface area contributed by atoms with Gasteiger partial charge in [-0.25, -0.2) is 8.42 Å². The third-order valence-electron chi connectivity index (χ3n) is 3.74. The molecular formula is C16H22N2O3S2. The molecule has 1 aromatic carbocycles. The molecule has 1 atom stereocenters. The number of hydrogen-bond donors (Lipinski definition) is 1. The summed E-state index contributed by atoms with van der Waals surface area (Å²) in [6.07, 6.45) is 2.41. The zero-order chi connectivity index (χ0) is 16.9. The molecule has 5 nitrogen and oxygen atoms in total. The van der Waals surface area contributed by atoms with E-state index in [1.54, 1.807) is 18.8 Å². The van der Waals surface area contributed by atoms with Gasteiger partial charge in [0, 0.05) is 16.7 Å². The summed E-state index contributed by atoms with van der Waals surface area (Å²) in [5, 5.41) is 2.91. The molecule has 126 valence electrons. The highest BCUT2D eigenvalue weighted by Crippen LogP contribution is 2.27. The number of benzene rings is 1. The van der Waals surface area contributed by atoms with Crippen LogP contribution in [0.2, 0.25) is 0 Å². The zero-order valence-electron chi connectivity index (χ0n) is 13.2. The van der Waals surface area contributed by atoms with Gasteiger partial charge in [-0.05, 0) is 25.6 Å². The normalized spacial score (nSPS) is 19.7. The molecule has 0 aliphatic carbocycles. The smallest absolute Gasteiger partial charge is 0.238 e. The fourth-order valence-corrected chi connectivity index (χ4v) is 5.06. The molecule has 1 amide bonds. The van der Waals surface area contributed by atoms with Crippen molar-refractivity contribution in [3.63, 3.8) is 0 Å². The number of nitrogens with zero attached hydrogens (tertiary/aromatic N) is 1. The van der Waals surface area contributed by atoms with Crippen molar-refractivity contribution < 1.29 is 13.2 Å². The Morgan fingerprint density at radius 2 is 2.22 bits per heavy atom. The average molecular weight is 354 g/mol. The van der Waals surface area contributed by atoms with Gasteiger partial charge < -0.3 is 5.32 Å². The molecule has 2 rings (SSSR count). The first-order chi connectivity index (χ1) is 10.9. The lowest BCUT2D eigenvalue weighted by atomic mass is 10.2. The minimum absolute atomic E-state index is 0.0730. The van der Waals surface area contributed by atoms with Gasteiger partial charge in [-0.1, -0.05) is 18.2 Å². The van der Waals surface area contributed by atoms with Crippen molar-refractivity contribution in [2.75, 3.05) is 36.2 Å². The second-order valence-electron chi connectivity index (χ2n) is 5.62. The predicted molar refractivity (Wildman–Crippen MR) is 95.7 cm³/mol. The standard InChI is InChI=1S/C16H22N2O3S2/c1-3-9-22-15-7-5-4-6-14(15)17-16(19)11-18(2)13-8-10-23(20,21)12-13/h3-7,13H,1,8-12H2,2H3,(H,17,19). The maximum absolute atomic E-state index is 12.2. The lowest BCUT2D eigenvalue weighted by molar-refractivity contribution is -0.117. The molecule has 1 aliphatic heterocycles. The first kappa shape index (κ1) is 18.0. The van der Waals surface area contributed by atoms with Crippen molar-refractivity contribution in [1.29, 1.82) is 0 Å². The van der Waals surface area contributed by atoms with Crippen molar-refractivity contribution in [2.24, 2.45) is 0 Å². The maximum atomic E-state index is 12.2. The quantitative estimate of drug-likeness (QED) is 0.599. The van der Waals surface area contributed by atoms with Crippen LogP contribution in [0.25, 0.3) is 0 Å². The lowest BCUT2D eigenvalue weighted by Crippen LogP contribution is -2.38. The third kappa shape index (κ3) is 5.37. The van der Waals surface area contributed by atoms with Crippen molar-refractivity contribution in [2.45, 2.75) is 17.4 Å². The number of rotatable bonds is 7. The summed E-state index contributed by atoms with van der Waals surface area (Å²) in [6, 6.07) is 7.55. The topological polar surface area (TPSA) is 66.5 Å². The van der Waals surface area contributed by atoms with E-state index in [9.17, 15) is 13.2 Å². The molecule has 0 aromatic heterocycles. The van der Waals surface area contributed by atoms with E-state index in [1.807, 2.05) is 35.2 Å². The number of para-hydroxylation sites is 1. The van der Waals surface area contributed by atoms with Crippen molar-refractivity contribution in [1.82, 2.24) is 4.90 Å². The molecule has 1 saturated heterocycles. The van der Waals surface area contributed by atoms with Gasteiger partial charge in [0.05, 0.1) is 23.7 Å². The number of hydrogen-bond acceptors (Lipinski definition) is 5. The molecule has 0 bridgehead atoms. The molecule has 1 heterocycles. The van der Waals surface area contributed by atoms with E-state index >= 15 is 0 Å². The monoisotopic (exact) mass is 354 g/mol. The summed E-state index contributed by atoms with van der Waals surface area (Å²) in [5.74, 6) is 0.989. The van der Waals surface area contributed by atoms with Crippen LogP contribution >= 0.6 is 11.8 Å². The fourth-order valence-electron chi connectivity index (χ4n) is 2.51. The number of thioether (sulfide) groups is 1. The van der Waals surface area contributed by atoms with Gasteiger partial charge in [-0.3, -0.25) is 9.69 Å². The third-order valence-corrected chi connectivity index (χ3v) is 6.56.